The highest BCUT2D eigenvalue weighted by molar-refractivity contribution is 5.88. The average Bonchev–Trinajstić information content (AvgIpc) is 3.09. The van der Waals surface area contributed by atoms with Gasteiger partial charge in [-0.15, -0.1) is 5.10 Å². The molecule has 0 spiro atoms. The van der Waals surface area contributed by atoms with Gasteiger partial charge in [0.1, 0.15) is 0 Å². The molecule has 6 nitrogen and oxygen atoms in total. The molecule has 0 saturated heterocycles. The van der Waals surface area contributed by atoms with Crippen LogP contribution in [0.4, 0.5) is 0 Å². The van der Waals surface area contributed by atoms with E-state index in [2.05, 4.69) is 15.5 Å². The largest absolute Gasteiger partial charge is 0.478 e. The Bertz CT molecular complexity index is 644. The molecule has 0 atom stereocenters. The summed E-state index contributed by atoms with van der Waals surface area (Å²) in [6.45, 7) is 1.93. The van der Waals surface area contributed by atoms with Crippen LogP contribution in [-0.4, -0.2) is 31.3 Å². The lowest BCUT2D eigenvalue weighted by Crippen LogP contribution is -2.09. The standard InChI is InChI=1S/C14H16N4O2/c1-9-6-7-11(14(19)20)8-12(9)18-13(15-16-17-18)10-4-2-3-5-10/h6-8,10H,2-5H2,1H3,(H,19,20). The van der Waals surface area contributed by atoms with E-state index in [9.17, 15) is 4.79 Å². The van der Waals surface area contributed by atoms with Crippen molar-refractivity contribution >= 4 is 5.97 Å². The minimum Gasteiger partial charge on any atom is -0.478 e. The fraction of sp³-hybridized carbons (Fsp3) is 0.429. The normalized spacial score (nSPS) is 15.7. The highest BCUT2D eigenvalue weighted by atomic mass is 16.4. The number of aromatic nitrogens is 4. The number of tetrazole rings is 1. The molecule has 1 aliphatic rings. The van der Waals surface area contributed by atoms with E-state index in [1.165, 1.54) is 12.8 Å². The van der Waals surface area contributed by atoms with Crippen molar-refractivity contribution in [3.05, 3.63) is 35.2 Å². The summed E-state index contributed by atoms with van der Waals surface area (Å²) in [4.78, 5) is 11.1. The van der Waals surface area contributed by atoms with E-state index >= 15 is 0 Å². The second-order valence-electron chi connectivity index (χ2n) is 5.24. The number of carboxylic acids is 1. The number of rotatable bonds is 3. The van der Waals surface area contributed by atoms with Crippen LogP contribution in [0.1, 0.15) is 53.3 Å². The van der Waals surface area contributed by atoms with Crippen molar-refractivity contribution in [2.75, 3.05) is 0 Å². The molecule has 1 aromatic heterocycles. The Morgan fingerprint density at radius 1 is 1.35 bits per heavy atom. The summed E-state index contributed by atoms with van der Waals surface area (Å²) in [5.41, 5.74) is 1.96. The molecular weight excluding hydrogens is 256 g/mol. The van der Waals surface area contributed by atoms with Gasteiger partial charge >= 0.3 is 5.97 Å². The molecule has 0 aliphatic heterocycles. The molecule has 1 aliphatic carbocycles. The summed E-state index contributed by atoms with van der Waals surface area (Å²) < 4.78 is 1.69. The SMILES string of the molecule is Cc1ccc(C(=O)O)cc1-n1nnnc1C1CCCC1. The lowest BCUT2D eigenvalue weighted by atomic mass is 10.1. The van der Waals surface area contributed by atoms with E-state index in [1.807, 2.05) is 6.92 Å². The molecule has 104 valence electrons. The van der Waals surface area contributed by atoms with Crippen LogP contribution in [0.25, 0.3) is 5.69 Å². The molecular formula is C14H16N4O2. The van der Waals surface area contributed by atoms with Crippen molar-refractivity contribution in [1.29, 1.82) is 0 Å². The minimum atomic E-state index is -0.943. The summed E-state index contributed by atoms with van der Waals surface area (Å²) in [6.07, 6.45) is 4.59. The molecule has 3 rings (SSSR count). The first kappa shape index (κ1) is 12.8. The smallest absolute Gasteiger partial charge is 0.335 e. The second-order valence-corrected chi connectivity index (χ2v) is 5.24. The third-order valence-corrected chi connectivity index (χ3v) is 3.90. The van der Waals surface area contributed by atoms with Gasteiger partial charge < -0.3 is 5.11 Å². The molecule has 0 radical (unpaired) electrons. The van der Waals surface area contributed by atoms with Crippen LogP contribution in [0.2, 0.25) is 0 Å². The van der Waals surface area contributed by atoms with Crippen LogP contribution in [-0.2, 0) is 0 Å². The molecule has 6 heteroatoms. The Balaban J connectivity index is 2.07. The predicted octanol–water partition coefficient (Wildman–Crippen LogP) is 2.33. The molecule has 1 heterocycles. The van der Waals surface area contributed by atoms with Gasteiger partial charge in [0, 0.05) is 5.92 Å². The number of hydrogen-bond donors (Lipinski definition) is 1. The maximum Gasteiger partial charge on any atom is 0.335 e. The van der Waals surface area contributed by atoms with Crippen molar-refractivity contribution in [1.82, 2.24) is 20.2 Å². The third-order valence-electron chi connectivity index (χ3n) is 3.90. The van der Waals surface area contributed by atoms with Gasteiger partial charge in [-0.1, -0.05) is 18.9 Å². The molecule has 0 amide bonds. The van der Waals surface area contributed by atoms with Gasteiger partial charge in [0.2, 0.25) is 0 Å². The van der Waals surface area contributed by atoms with Crippen molar-refractivity contribution in [2.45, 2.75) is 38.5 Å². The van der Waals surface area contributed by atoms with E-state index in [4.69, 9.17) is 5.11 Å². The monoisotopic (exact) mass is 272 g/mol. The van der Waals surface area contributed by atoms with Gasteiger partial charge in [0.25, 0.3) is 0 Å². The molecule has 20 heavy (non-hydrogen) atoms. The van der Waals surface area contributed by atoms with Crippen LogP contribution in [0, 0.1) is 6.92 Å². The lowest BCUT2D eigenvalue weighted by Gasteiger charge is -2.12. The van der Waals surface area contributed by atoms with Crippen molar-refractivity contribution in [3.8, 4) is 5.69 Å². The number of aryl methyl sites for hydroxylation is 1. The Labute approximate surface area is 116 Å². The highest BCUT2D eigenvalue weighted by Crippen LogP contribution is 2.33. The zero-order valence-electron chi connectivity index (χ0n) is 11.3. The number of benzene rings is 1. The maximum atomic E-state index is 11.1. The van der Waals surface area contributed by atoms with E-state index < -0.39 is 5.97 Å². The first-order valence-corrected chi connectivity index (χ1v) is 6.79. The third kappa shape index (κ3) is 2.17. The zero-order chi connectivity index (χ0) is 14.1. The van der Waals surface area contributed by atoms with Gasteiger partial charge in [0.05, 0.1) is 11.3 Å². The van der Waals surface area contributed by atoms with Crippen LogP contribution in [0.3, 0.4) is 0 Å². The number of aromatic carboxylic acids is 1. The molecule has 1 N–H and O–H groups in total. The van der Waals surface area contributed by atoms with E-state index in [1.54, 1.807) is 22.9 Å². The Hall–Kier alpha value is -2.24. The Morgan fingerprint density at radius 3 is 2.80 bits per heavy atom. The van der Waals surface area contributed by atoms with Crippen LogP contribution >= 0.6 is 0 Å². The number of hydrogen-bond acceptors (Lipinski definition) is 4. The molecule has 1 aromatic carbocycles. The van der Waals surface area contributed by atoms with E-state index in [-0.39, 0.29) is 5.56 Å². The van der Waals surface area contributed by atoms with Gasteiger partial charge in [-0.05, 0) is 47.9 Å². The zero-order valence-corrected chi connectivity index (χ0v) is 11.3. The first-order valence-electron chi connectivity index (χ1n) is 6.79. The van der Waals surface area contributed by atoms with Crippen molar-refractivity contribution < 1.29 is 9.90 Å². The van der Waals surface area contributed by atoms with E-state index in [0.29, 0.717) is 5.92 Å². The average molecular weight is 272 g/mol. The highest BCUT2D eigenvalue weighted by Gasteiger charge is 2.24. The predicted molar refractivity (Wildman–Crippen MR) is 72.1 cm³/mol. The lowest BCUT2D eigenvalue weighted by molar-refractivity contribution is 0.0697. The quantitative estimate of drug-likeness (QED) is 0.927. The van der Waals surface area contributed by atoms with Gasteiger partial charge in [0.15, 0.2) is 5.82 Å². The molecule has 2 aromatic rings. The Morgan fingerprint density at radius 2 is 2.10 bits per heavy atom. The molecule has 1 fully saturated rings. The molecule has 1 saturated carbocycles. The van der Waals surface area contributed by atoms with Crippen molar-refractivity contribution in [2.24, 2.45) is 0 Å². The summed E-state index contributed by atoms with van der Waals surface area (Å²) >= 11 is 0. The topological polar surface area (TPSA) is 80.9 Å². The molecule has 0 bridgehead atoms. The second kappa shape index (κ2) is 5.03. The number of nitrogens with zero attached hydrogens (tertiary/aromatic N) is 4. The fourth-order valence-corrected chi connectivity index (χ4v) is 2.77. The maximum absolute atomic E-state index is 11.1. The minimum absolute atomic E-state index is 0.249. The van der Waals surface area contributed by atoms with Crippen LogP contribution in [0.5, 0.6) is 0 Å². The Kier molecular flexibility index (Phi) is 3.22. The van der Waals surface area contributed by atoms with Gasteiger partial charge in [-0.3, -0.25) is 0 Å². The summed E-state index contributed by atoms with van der Waals surface area (Å²) in [7, 11) is 0. The number of carbonyl (C=O) groups is 1. The van der Waals surface area contributed by atoms with Crippen LogP contribution in [0.15, 0.2) is 18.2 Å². The van der Waals surface area contributed by atoms with Gasteiger partial charge in [-0.25, -0.2) is 4.79 Å². The first-order chi connectivity index (χ1) is 9.66. The molecule has 0 unspecified atom stereocenters. The summed E-state index contributed by atoms with van der Waals surface area (Å²) in [5, 5.41) is 21.1. The van der Waals surface area contributed by atoms with E-state index in [0.717, 1.165) is 29.9 Å². The summed E-state index contributed by atoms with van der Waals surface area (Å²) in [6, 6.07) is 5.02. The van der Waals surface area contributed by atoms with Crippen molar-refractivity contribution in [3.63, 3.8) is 0 Å². The number of carboxylic acid groups (broad SMARTS) is 1. The summed E-state index contributed by atoms with van der Waals surface area (Å²) in [5.74, 6) is 0.271. The fourth-order valence-electron chi connectivity index (χ4n) is 2.77. The van der Waals surface area contributed by atoms with Crippen LogP contribution < -0.4 is 0 Å². The van der Waals surface area contributed by atoms with Gasteiger partial charge in [-0.2, -0.15) is 4.68 Å².